The number of unbranched alkanes of at least 4 members (excludes halogenated alkanes) is 1. The molecule has 0 saturated heterocycles. The van der Waals surface area contributed by atoms with E-state index in [-0.39, 0.29) is 5.91 Å². The van der Waals surface area contributed by atoms with Crippen LogP contribution in [0.3, 0.4) is 0 Å². The molecule has 0 heterocycles. The standard InChI is InChI=1S/C20H23NO4/c1-15-5-11-18(12-6-15)25-14-4-3-13-21-19(22)16-7-9-17(10-8-16)20(23)24-2/h5-12H,3-4,13-14H2,1-2H3,(H,21,22). The molecule has 0 bridgehead atoms. The van der Waals surface area contributed by atoms with E-state index in [2.05, 4.69) is 10.1 Å². The van der Waals surface area contributed by atoms with Crippen LogP contribution in [0.2, 0.25) is 0 Å². The van der Waals surface area contributed by atoms with E-state index >= 15 is 0 Å². The second-order valence-electron chi connectivity index (χ2n) is 5.69. The number of carbonyl (C=O) groups is 2. The molecule has 5 heteroatoms. The van der Waals surface area contributed by atoms with E-state index in [9.17, 15) is 9.59 Å². The summed E-state index contributed by atoms with van der Waals surface area (Å²) in [4.78, 5) is 23.4. The van der Waals surface area contributed by atoms with Crippen LogP contribution in [0, 0.1) is 6.92 Å². The highest BCUT2D eigenvalue weighted by atomic mass is 16.5. The van der Waals surface area contributed by atoms with Crippen molar-refractivity contribution < 1.29 is 19.1 Å². The molecule has 0 saturated carbocycles. The maximum atomic E-state index is 12.0. The molecule has 2 rings (SSSR count). The van der Waals surface area contributed by atoms with Crippen molar-refractivity contribution >= 4 is 11.9 Å². The summed E-state index contributed by atoms with van der Waals surface area (Å²) in [5.41, 5.74) is 2.14. The first-order valence-electron chi connectivity index (χ1n) is 8.26. The van der Waals surface area contributed by atoms with E-state index < -0.39 is 5.97 Å². The molecule has 0 radical (unpaired) electrons. The Bertz CT molecular complexity index is 693. The summed E-state index contributed by atoms with van der Waals surface area (Å²) >= 11 is 0. The molecule has 5 nitrogen and oxygen atoms in total. The summed E-state index contributed by atoms with van der Waals surface area (Å²) < 4.78 is 10.3. The van der Waals surface area contributed by atoms with E-state index in [0.717, 1.165) is 18.6 Å². The maximum absolute atomic E-state index is 12.0. The normalized spacial score (nSPS) is 10.2. The van der Waals surface area contributed by atoms with Crippen LogP contribution < -0.4 is 10.1 Å². The fourth-order valence-electron chi connectivity index (χ4n) is 2.23. The first-order valence-corrected chi connectivity index (χ1v) is 8.26. The van der Waals surface area contributed by atoms with Crippen LogP contribution in [0.5, 0.6) is 5.75 Å². The smallest absolute Gasteiger partial charge is 0.337 e. The highest BCUT2D eigenvalue weighted by Crippen LogP contribution is 2.11. The number of amides is 1. The van der Waals surface area contributed by atoms with Crippen molar-refractivity contribution in [2.75, 3.05) is 20.3 Å². The molecular formula is C20H23NO4. The lowest BCUT2D eigenvalue weighted by atomic mass is 10.1. The van der Waals surface area contributed by atoms with Crippen molar-refractivity contribution in [3.63, 3.8) is 0 Å². The lowest BCUT2D eigenvalue weighted by Crippen LogP contribution is -2.24. The fourth-order valence-corrected chi connectivity index (χ4v) is 2.23. The summed E-state index contributed by atoms with van der Waals surface area (Å²) in [6, 6.07) is 14.3. The van der Waals surface area contributed by atoms with E-state index in [1.54, 1.807) is 24.3 Å². The third-order valence-corrected chi connectivity index (χ3v) is 3.71. The zero-order chi connectivity index (χ0) is 18.1. The number of benzene rings is 2. The summed E-state index contributed by atoms with van der Waals surface area (Å²) in [5, 5.41) is 2.86. The Hall–Kier alpha value is -2.82. The van der Waals surface area contributed by atoms with Gasteiger partial charge < -0.3 is 14.8 Å². The summed E-state index contributed by atoms with van der Waals surface area (Å²) in [5.74, 6) is 0.289. The third-order valence-electron chi connectivity index (χ3n) is 3.71. The highest BCUT2D eigenvalue weighted by Gasteiger charge is 2.08. The van der Waals surface area contributed by atoms with Gasteiger partial charge in [-0.1, -0.05) is 17.7 Å². The van der Waals surface area contributed by atoms with E-state index in [1.165, 1.54) is 12.7 Å². The van der Waals surface area contributed by atoms with Crippen LogP contribution in [0.15, 0.2) is 48.5 Å². The van der Waals surface area contributed by atoms with Gasteiger partial charge in [0.25, 0.3) is 5.91 Å². The van der Waals surface area contributed by atoms with Gasteiger partial charge in [-0.15, -0.1) is 0 Å². The molecule has 0 aromatic heterocycles. The second kappa shape index (κ2) is 9.47. The largest absolute Gasteiger partial charge is 0.494 e. The fraction of sp³-hybridized carbons (Fsp3) is 0.300. The number of esters is 1. The Labute approximate surface area is 148 Å². The predicted octanol–water partition coefficient (Wildman–Crippen LogP) is 3.37. The predicted molar refractivity (Wildman–Crippen MR) is 96.0 cm³/mol. The highest BCUT2D eigenvalue weighted by molar-refractivity contribution is 5.96. The van der Waals surface area contributed by atoms with Crippen LogP contribution in [-0.4, -0.2) is 32.1 Å². The number of nitrogens with one attached hydrogen (secondary N) is 1. The minimum absolute atomic E-state index is 0.157. The summed E-state index contributed by atoms with van der Waals surface area (Å²) in [6.07, 6.45) is 1.69. The zero-order valence-corrected chi connectivity index (χ0v) is 14.6. The van der Waals surface area contributed by atoms with Gasteiger partial charge in [0, 0.05) is 12.1 Å². The molecule has 0 aliphatic heterocycles. The van der Waals surface area contributed by atoms with E-state index in [1.807, 2.05) is 31.2 Å². The van der Waals surface area contributed by atoms with Gasteiger partial charge in [0.1, 0.15) is 5.75 Å². The molecule has 2 aromatic rings. The van der Waals surface area contributed by atoms with Gasteiger partial charge in [-0.05, 0) is 56.2 Å². The molecule has 0 fully saturated rings. The number of carbonyl (C=O) groups excluding carboxylic acids is 2. The van der Waals surface area contributed by atoms with Crippen molar-refractivity contribution in [1.82, 2.24) is 5.32 Å². The Kier molecular flexibility index (Phi) is 7.01. The maximum Gasteiger partial charge on any atom is 0.337 e. The topological polar surface area (TPSA) is 64.6 Å². The minimum Gasteiger partial charge on any atom is -0.494 e. The molecule has 132 valence electrons. The first kappa shape index (κ1) is 18.5. The molecule has 1 N–H and O–H groups in total. The lowest BCUT2D eigenvalue weighted by molar-refractivity contribution is 0.0600. The van der Waals surface area contributed by atoms with Crippen LogP contribution >= 0.6 is 0 Å². The Morgan fingerprint density at radius 2 is 1.56 bits per heavy atom. The monoisotopic (exact) mass is 341 g/mol. The molecule has 0 spiro atoms. The SMILES string of the molecule is COC(=O)c1ccc(C(=O)NCCCCOc2ccc(C)cc2)cc1. The molecule has 0 unspecified atom stereocenters. The van der Waals surface area contributed by atoms with Gasteiger partial charge >= 0.3 is 5.97 Å². The number of rotatable bonds is 8. The van der Waals surface area contributed by atoms with Gasteiger partial charge in [-0.2, -0.15) is 0 Å². The molecular weight excluding hydrogens is 318 g/mol. The number of aryl methyl sites for hydroxylation is 1. The van der Waals surface area contributed by atoms with Crippen molar-refractivity contribution in [1.29, 1.82) is 0 Å². The van der Waals surface area contributed by atoms with Gasteiger partial charge in [0.15, 0.2) is 0 Å². The molecule has 25 heavy (non-hydrogen) atoms. The quantitative estimate of drug-likeness (QED) is 0.590. The van der Waals surface area contributed by atoms with Gasteiger partial charge in [-0.3, -0.25) is 4.79 Å². The van der Waals surface area contributed by atoms with Gasteiger partial charge in [0.2, 0.25) is 0 Å². The molecule has 0 aliphatic carbocycles. The van der Waals surface area contributed by atoms with Crippen molar-refractivity contribution in [3.8, 4) is 5.75 Å². The number of ether oxygens (including phenoxy) is 2. The molecule has 1 amide bonds. The van der Waals surface area contributed by atoms with Crippen LogP contribution in [0.1, 0.15) is 39.1 Å². The Balaban J connectivity index is 1.65. The average Bonchev–Trinajstić information content (AvgIpc) is 2.65. The van der Waals surface area contributed by atoms with Crippen LogP contribution in [-0.2, 0) is 4.74 Å². The third kappa shape index (κ3) is 5.95. The first-order chi connectivity index (χ1) is 12.1. The lowest BCUT2D eigenvalue weighted by Gasteiger charge is -2.08. The Morgan fingerprint density at radius 3 is 2.20 bits per heavy atom. The van der Waals surface area contributed by atoms with E-state index in [4.69, 9.17) is 4.74 Å². The number of hydrogen-bond acceptors (Lipinski definition) is 4. The Morgan fingerprint density at radius 1 is 0.920 bits per heavy atom. The number of methoxy groups -OCH3 is 1. The van der Waals surface area contributed by atoms with Crippen molar-refractivity contribution in [3.05, 3.63) is 65.2 Å². The van der Waals surface area contributed by atoms with Gasteiger partial charge in [0.05, 0.1) is 19.3 Å². The van der Waals surface area contributed by atoms with Crippen LogP contribution in [0.25, 0.3) is 0 Å². The molecule has 2 aromatic carbocycles. The van der Waals surface area contributed by atoms with Crippen molar-refractivity contribution in [2.45, 2.75) is 19.8 Å². The zero-order valence-electron chi connectivity index (χ0n) is 14.6. The van der Waals surface area contributed by atoms with Crippen molar-refractivity contribution in [2.24, 2.45) is 0 Å². The summed E-state index contributed by atoms with van der Waals surface area (Å²) in [6.45, 7) is 3.23. The molecule has 0 aliphatic rings. The van der Waals surface area contributed by atoms with E-state index in [0.29, 0.717) is 24.3 Å². The summed E-state index contributed by atoms with van der Waals surface area (Å²) in [7, 11) is 1.32. The second-order valence-corrected chi connectivity index (χ2v) is 5.69. The van der Waals surface area contributed by atoms with Crippen LogP contribution in [0.4, 0.5) is 0 Å². The minimum atomic E-state index is -0.416. The average molecular weight is 341 g/mol. The number of hydrogen-bond donors (Lipinski definition) is 1. The van der Waals surface area contributed by atoms with Gasteiger partial charge in [-0.25, -0.2) is 4.79 Å². The molecule has 0 atom stereocenters.